The zero-order chi connectivity index (χ0) is 13.0. The molecule has 2 nitrogen and oxygen atoms in total. The Bertz CT molecular complexity index is 260. The van der Waals surface area contributed by atoms with Gasteiger partial charge in [-0.15, -0.1) is 0 Å². The van der Waals surface area contributed by atoms with Gasteiger partial charge in [0.2, 0.25) is 0 Å². The van der Waals surface area contributed by atoms with Crippen molar-refractivity contribution in [1.29, 1.82) is 0 Å². The predicted octanol–water partition coefficient (Wildman–Crippen LogP) is 3.50. The van der Waals surface area contributed by atoms with Gasteiger partial charge in [0, 0.05) is 12.0 Å². The summed E-state index contributed by atoms with van der Waals surface area (Å²) in [7, 11) is 0. The van der Waals surface area contributed by atoms with Crippen molar-refractivity contribution >= 4 is 6.29 Å². The molecule has 1 aliphatic carbocycles. The number of likely N-dealkylation sites (tertiary alicyclic amines) is 1. The molecule has 2 heteroatoms. The molecule has 0 aromatic carbocycles. The van der Waals surface area contributed by atoms with Crippen molar-refractivity contribution < 1.29 is 4.79 Å². The van der Waals surface area contributed by atoms with Gasteiger partial charge in [0.25, 0.3) is 0 Å². The van der Waals surface area contributed by atoms with Gasteiger partial charge in [-0.2, -0.15) is 0 Å². The molecule has 1 saturated heterocycles. The van der Waals surface area contributed by atoms with Gasteiger partial charge < -0.3 is 9.69 Å². The van der Waals surface area contributed by atoms with E-state index in [-0.39, 0.29) is 5.41 Å². The molecule has 0 radical (unpaired) electrons. The van der Waals surface area contributed by atoms with Crippen LogP contribution in [0.4, 0.5) is 0 Å². The lowest BCUT2D eigenvalue weighted by Gasteiger charge is -2.41. The van der Waals surface area contributed by atoms with Crippen molar-refractivity contribution in [3.05, 3.63) is 0 Å². The smallest absolute Gasteiger partial charge is 0.127 e. The Morgan fingerprint density at radius 1 is 1.17 bits per heavy atom. The molecular formula is C16H29NO. The lowest BCUT2D eigenvalue weighted by atomic mass is 9.71. The van der Waals surface area contributed by atoms with Crippen molar-refractivity contribution in [3.63, 3.8) is 0 Å². The monoisotopic (exact) mass is 251 g/mol. The van der Waals surface area contributed by atoms with Crippen LogP contribution in [0.15, 0.2) is 0 Å². The number of carbonyl (C=O) groups is 1. The normalized spacial score (nSPS) is 35.6. The second-order valence-corrected chi connectivity index (χ2v) is 6.79. The Labute approximate surface area is 112 Å². The molecule has 1 saturated carbocycles. The van der Waals surface area contributed by atoms with Crippen LogP contribution in [0, 0.1) is 17.3 Å². The molecule has 18 heavy (non-hydrogen) atoms. The van der Waals surface area contributed by atoms with Crippen LogP contribution >= 0.6 is 0 Å². The van der Waals surface area contributed by atoms with Crippen LogP contribution in [0.2, 0.25) is 0 Å². The summed E-state index contributed by atoms with van der Waals surface area (Å²) < 4.78 is 0. The van der Waals surface area contributed by atoms with E-state index in [1.807, 2.05) is 0 Å². The van der Waals surface area contributed by atoms with E-state index in [1.165, 1.54) is 51.5 Å². The Balaban J connectivity index is 1.85. The van der Waals surface area contributed by atoms with Crippen molar-refractivity contribution in [2.75, 3.05) is 19.6 Å². The molecule has 2 aliphatic rings. The number of carbonyl (C=O) groups excluding carboxylic acids is 1. The molecule has 0 bridgehead atoms. The number of hydrogen-bond donors (Lipinski definition) is 0. The highest BCUT2D eigenvalue weighted by Gasteiger charge is 2.36. The van der Waals surface area contributed by atoms with E-state index in [1.54, 1.807) is 0 Å². The van der Waals surface area contributed by atoms with Crippen LogP contribution in [0.5, 0.6) is 0 Å². The molecule has 0 atom stereocenters. The molecule has 2 fully saturated rings. The fraction of sp³-hybridized carbons (Fsp3) is 0.938. The minimum absolute atomic E-state index is 0.00837. The third kappa shape index (κ3) is 3.34. The number of hydrogen-bond acceptors (Lipinski definition) is 2. The lowest BCUT2D eigenvalue weighted by Crippen LogP contribution is -2.44. The topological polar surface area (TPSA) is 20.3 Å². The summed E-state index contributed by atoms with van der Waals surface area (Å²) in [6, 6.07) is 0. The van der Waals surface area contributed by atoms with Gasteiger partial charge in [-0.1, -0.05) is 20.3 Å². The van der Waals surface area contributed by atoms with Gasteiger partial charge in [0.1, 0.15) is 6.29 Å². The average Bonchev–Trinajstić information content (AvgIpc) is 2.43. The maximum atomic E-state index is 11.6. The summed E-state index contributed by atoms with van der Waals surface area (Å²) in [6.07, 6.45) is 9.99. The summed E-state index contributed by atoms with van der Waals surface area (Å²) in [5.74, 6) is 1.75. The number of rotatable bonds is 4. The largest absolute Gasteiger partial charge is 0.303 e. The molecule has 0 unspecified atom stereocenters. The fourth-order valence-corrected chi connectivity index (χ4v) is 3.65. The van der Waals surface area contributed by atoms with Crippen LogP contribution in [-0.2, 0) is 4.79 Å². The third-order valence-corrected chi connectivity index (χ3v) is 5.34. The Morgan fingerprint density at radius 2 is 1.78 bits per heavy atom. The van der Waals surface area contributed by atoms with Crippen LogP contribution in [0.25, 0.3) is 0 Å². The predicted molar refractivity (Wildman–Crippen MR) is 75.6 cm³/mol. The van der Waals surface area contributed by atoms with Gasteiger partial charge >= 0.3 is 0 Å². The molecule has 0 spiro atoms. The quantitative estimate of drug-likeness (QED) is 0.713. The van der Waals surface area contributed by atoms with Crippen molar-refractivity contribution in [1.82, 2.24) is 4.90 Å². The molecule has 1 heterocycles. The van der Waals surface area contributed by atoms with Gasteiger partial charge in [0.05, 0.1) is 0 Å². The first-order valence-corrected chi connectivity index (χ1v) is 7.86. The summed E-state index contributed by atoms with van der Waals surface area (Å²) in [6.45, 7) is 8.07. The van der Waals surface area contributed by atoms with E-state index in [0.717, 1.165) is 31.2 Å². The first kappa shape index (κ1) is 14.0. The van der Waals surface area contributed by atoms with Crippen LogP contribution in [-0.4, -0.2) is 30.8 Å². The average molecular weight is 251 g/mol. The van der Waals surface area contributed by atoms with Gasteiger partial charge in [0.15, 0.2) is 0 Å². The lowest BCUT2D eigenvalue weighted by molar-refractivity contribution is -0.119. The van der Waals surface area contributed by atoms with E-state index < -0.39 is 0 Å². The zero-order valence-corrected chi connectivity index (χ0v) is 12.2. The molecule has 0 aromatic heterocycles. The Kier molecular flexibility index (Phi) is 4.83. The first-order valence-electron chi connectivity index (χ1n) is 7.86. The summed E-state index contributed by atoms with van der Waals surface area (Å²) in [5, 5.41) is 0. The molecular weight excluding hydrogens is 222 g/mol. The third-order valence-electron chi connectivity index (χ3n) is 5.34. The summed E-state index contributed by atoms with van der Waals surface area (Å²) in [4.78, 5) is 14.1. The Hall–Kier alpha value is -0.370. The fourth-order valence-electron chi connectivity index (χ4n) is 3.65. The van der Waals surface area contributed by atoms with Gasteiger partial charge in [-0.25, -0.2) is 0 Å². The maximum absolute atomic E-state index is 11.6. The standard InChI is InChI=1S/C16H29NO/c1-3-15-6-10-17(11-7-15)12-16(13-18)8-4-14(2)5-9-16/h13-15H,3-12H2,1-2H3. The second-order valence-electron chi connectivity index (χ2n) is 6.79. The highest BCUT2D eigenvalue weighted by atomic mass is 16.1. The van der Waals surface area contributed by atoms with E-state index in [4.69, 9.17) is 0 Å². The van der Waals surface area contributed by atoms with Gasteiger partial charge in [-0.3, -0.25) is 0 Å². The molecule has 0 aromatic rings. The molecule has 0 amide bonds. The number of nitrogens with zero attached hydrogens (tertiary/aromatic N) is 1. The van der Waals surface area contributed by atoms with E-state index in [0.29, 0.717) is 0 Å². The van der Waals surface area contributed by atoms with E-state index in [9.17, 15) is 4.79 Å². The molecule has 0 N–H and O–H groups in total. The SMILES string of the molecule is CCC1CCN(CC2(C=O)CCC(C)CC2)CC1. The van der Waals surface area contributed by atoms with Gasteiger partial charge in [-0.05, 0) is 63.5 Å². The number of piperidine rings is 1. The minimum Gasteiger partial charge on any atom is -0.303 e. The van der Waals surface area contributed by atoms with E-state index >= 15 is 0 Å². The van der Waals surface area contributed by atoms with Crippen LogP contribution < -0.4 is 0 Å². The summed E-state index contributed by atoms with van der Waals surface area (Å²) in [5.41, 5.74) is -0.00837. The van der Waals surface area contributed by atoms with Crippen LogP contribution in [0.1, 0.15) is 58.8 Å². The minimum atomic E-state index is -0.00837. The Morgan fingerprint density at radius 3 is 2.28 bits per heavy atom. The second kappa shape index (κ2) is 6.18. The molecule has 2 rings (SSSR count). The maximum Gasteiger partial charge on any atom is 0.127 e. The number of aldehydes is 1. The zero-order valence-electron chi connectivity index (χ0n) is 12.2. The summed E-state index contributed by atoms with van der Waals surface area (Å²) >= 11 is 0. The molecule has 104 valence electrons. The van der Waals surface area contributed by atoms with Crippen molar-refractivity contribution in [2.24, 2.45) is 17.3 Å². The first-order chi connectivity index (χ1) is 8.67. The van der Waals surface area contributed by atoms with E-state index in [2.05, 4.69) is 18.7 Å². The molecule has 1 aliphatic heterocycles. The highest BCUT2D eigenvalue weighted by molar-refractivity contribution is 5.60. The van der Waals surface area contributed by atoms with Crippen LogP contribution in [0.3, 0.4) is 0 Å². The highest BCUT2D eigenvalue weighted by Crippen LogP contribution is 2.38. The van der Waals surface area contributed by atoms with Crippen molar-refractivity contribution in [2.45, 2.75) is 58.8 Å². The van der Waals surface area contributed by atoms with Crippen molar-refractivity contribution in [3.8, 4) is 0 Å².